The molecule has 0 bridgehead atoms. The normalized spacial score (nSPS) is 36.4. The van der Waals surface area contributed by atoms with Crippen molar-refractivity contribution in [3.8, 4) is 0 Å². The van der Waals surface area contributed by atoms with Crippen LogP contribution in [0.25, 0.3) is 0 Å². The van der Waals surface area contributed by atoms with E-state index in [-0.39, 0.29) is 5.60 Å². The van der Waals surface area contributed by atoms with Gasteiger partial charge in [-0.05, 0) is 18.8 Å². The van der Waals surface area contributed by atoms with Crippen molar-refractivity contribution in [2.24, 2.45) is 5.92 Å². The van der Waals surface area contributed by atoms with Crippen LogP contribution in [0.3, 0.4) is 0 Å². The molecule has 1 N–H and O–H groups in total. The van der Waals surface area contributed by atoms with Gasteiger partial charge in [0, 0.05) is 25.8 Å². The molecule has 3 saturated heterocycles. The van der Waals surface area contributed by atoms with E-state index in [1.807, 2.05) is 0 Å². The molecule has 0 aromatic rings. The Kier molecular flexibility index (Phi) is 2.68. The highest BCUT2D eigenvalue weighted by molar-refractivity contribution is 5.03. The van der Waals surface area contributed by atoms with Gasteiger partial charge in [0.15, 0.2) is 0 Å². The minimum absolute atomic E-state index is 0.0136. The lowest BCUT2D eigenvalue weighted by Gasteiger charge is -2.52. The van der Waals surface area contributed by atoms with Crippen LogP contribution in [0.1, 0.15) is 12.8 Å². The van der Waals surface area contributed by atoms with E-state index in [4.69, 9.17) is 14.2 Å². The molecule has 0 aliphatic carbocycles. The number of hydrogen-bond acceptors (Lipinski definition) is 4. The second kappa shape index (κ2) is 4.01. The van der Waals surface area contributed by atoms with Crippen LogP contribution in [0.5, 0.6) is 0 Å². The van der Waals surface area contributed by atoms with Gasteiger partial charge < -0.3 is 19.5 Å². The molecule has 3 rings (SSSR count). The van der Waals surface area contributed by atoms with Crippen molar-refractivity contribution < 1.29 is 14.2 Å². The van der Waals surface area contributed by atoms with Gasteiger partial charge in [-0.15, -0.1) is 0 Å². The van der Waals surface area contributed by atoms with Gasteiger partial charge in [0.1, 0.15) is 5.60 Å². The third-order valence-electron chi connectivity index (χ3n) is 3.85. The summed E-state index contributed by atoms with van der Waals surface area (Å²) >= 11 is 0. The Morgan fingerprint density at radius 2 is 1.80 bits per heavy atom. The van der Waals surface area contributed by atoms with E-state index in [2.05, 4.69) is 5.32 Å². The molecule has 15 heavy (non-hydrogen) atoms. The van der Waals surface area contributed by atoms with E-state index >= 15 is 0 Å². The summed E-state index contributed by atoms with van der Waals surface area (Å²) in [6.07, 6.45) is 2.31. The summed E-state index contributed by atoms with van der Waals surface area (Å²) in [6.45, 7) is 5.14. The molecule has 4 heteroatoms. The van der Waals surface area contributed by atoms with Crippen LogP contribution in [-0.4, -0.2) is 51.2 Å². The van der Waals surface area contributed by atoms with Gasteiger partial charge in [-0.3, -0.25) is 0 Å². The minimum atomic E-state index is -0.0136. The molecule has 1 spiro atoms. The van der Waals surface area contributed by atoms with E-state index in [1.165, 1.54) is 0 Å². The van der Waals surface area contributed by atoms with E-state index in [0.29, 0.717) is 12.0 Å². The van der Waals surface area contributed by atoms with Crippen LogP contribution in [0.15, 0.2) is 0 Å². The minimum Gasteiger partial charge on any atom is -0.381 e. The van der Waals surface area contributed by atoms with Crippen molar-refractivity contribution in [2.45, 2.75) is 24.5 Å². The lowest BCUT2D eigenvalue weighted by molar-refractivity contribution is -0.247. The highest BCUT2D eigenvalue weighted by atomic mass is 16.6. The van der Waals surface area contributed by atoms with Gasteiger partial charge in [-0.1, -0.05) is 0 Å². The quantitative estimate of drug-likeness (QED) is 0.674. The molecule has 0 aromatic carbocycles. The smallest absolute Gasteiger partial charge is 0.130 e. The van der Waals surface area contributed by atoms with Gasteiger partial charge >= 0.3 is 0 Å². The first kappa shape index (κ1) is 10.0. The van der Waals surface area contributed by atoms with Crippen molar-refractivity contribution in [3.05, 3.63) is 0 Å². The number of morpholine rings is 1. The highest BCUT2D eigenvalue weighted by Crippen LogP contribution is 2.35. The number of ether oxygens (including phenoxy) is 3. The molecule has 3 aliphatic rings. The lowest BCUT2D eigenvalue weighted by atomic mass is 9.78. The Morgan fingerprint density at radius 1 is 1.00 bits per heavy atom. The van der Waals surface area contributed by atoms with Crippen LogP contribution in [-0.2, 0) is 14.2 Å². The van der Waals surface area contributed by atoms with Crippen molar-refractivity contribution in [1.82, 2.24) is 5.32 Å². The predicted octanol–water partition coefficient (Wildman–Crippen LogP) is 0.170. The molecule has 0 amide bonds. The van der Waals surface area contributed by atoms with Gasteiger partial charge in [0.05, 0.1) is 19.8 Å². The Balaban J connectivity index is 1.70. The second-order valence-electron chi connectivity index (χ2n) is 4.79. The van der Waals surface area contributed by atoms with Crippen LogP contribution in [0.2, 0.25) is 0 Å². The first-order valence-electron chi connectivity index (χ1n) is 5.94. The Morgan fingerprint density at radius 3 is 2.47 bits per heavy atom. The molecule has 1 atom stereocenters. The van der Waals surface area contributed by atoms with Gasteiger partial charge in [0.2, 0.25) is 0 Å². The molecule has 3 heterocycles. The summed E-state index contributed by atoms with van der Waals surface area (Å²) in [5.74, 6) is 0.697. The van der Waals surface area contributed by atoms with Gasteiger partial charge in [0.25, 0.3) is 0 Å². The van der Waals surface area contributed by atoms with Crippen molar-refractivity contribution >= 4 is 0 Å². The monoisotopic (exact) mass is 213 g/mol. The largest absolute Gasteiger partial charge is 0.381 e. The highest BCUT2D eigenvalue weighted by Gasteiger charge is 2.51. The molecular weight excluding hydrogens is 194 g/mol. The first-order chi connectivity index (χ1) is 7.41. The molecule has 1 unspecified atom stereocenters. The van der Waals surface area contributed by atoms with Crippen LogP contribution >= 0.6 is 0 Å². The molecule has 0 radical (unpaired) electrons. The molecule has 86 valence electrons. The fourth-order valence-electron chi connectivity index (χ4n) is 2.96. The van der Waals surface area contributed by atoms with E-state index in [9.17, 15) is 0 Å². The second-order valence-corrected chi connectivity index (χ2v) is 4.79. The maximum atomic E-state index is 5.94. The molecule has 0 aromatic heterocycles. The fraction of sp³-hybridized carbons (Fsp3) is 1.00. The van der Waals surface area contributed by atoms with Gasteiger partial charge in [-0.2, -0.15) is 0 Å². The molecule has 3 fully saturated rings. The maximum absolute atomic E-state index is 5.94. The van der Waals surface area contributed by atoms with E-state index in [0.717, 1.165) is 52.4 Å². The van der Waals surface area contributed by atoms with Crippen LogP contribution in [0.4, 0.5) is 0 Å². The summed E-state index contributed by atoms with van der Waals surface area (Å²) < 4.78 is 16.7. The molecular formula is C11H19NO3. The summed E-state index contributed by atoms with van der Waals surface area (Å²) in [4.78, 5) is 0. The third-order valence-corrected chi connectivity index (χ3v) is 3.85. The Hall–Kier alpha value is -0.160. The van der Waals surface area contributed by atoms with Gasteiger partial charge in [-0.25, -0.2) is 0 Å². The Labute approximate surface area is 90.3 Å². The maximum Gasteiger partial charge on any atom is 0.130 e. The van der Waals surface area contributed by atoms with Crippen molar-refractivity contribution in [2.75, 3.05) is 39.6 Å². The number of nitrogens with one attached hydrogen (secondary N) is 1. The van der Waals surface area contributed by atoms with E-state index in [1.54, 1.807) is 0 Å². The first-order valence-corrected chi connectivity index (χ1v) is 5.94. The topological polar surface area (TPSA) is 39.7 Å². The summed E-state index contributed by atoms with van der Waals surface area (Å²) in [7, 11) is 0. The third kappa shape index (κ3) is 1.69. The summed E-state index contributed by atoms with van der Waals surface area (Å²) in [6, 6.07) is 0.476. The zero-order chi connectivity index (χ0) is 10.1. The average Bonchev–Trinajstić information content (AvgIpc) is 2.28. The van der Waals surface area contributed by atoms with Crippen molar-refractivity contribution in [1.29, 1.82) is 0 Å². The Bertz CT molecular complexity index is 224. The van der Waals surface area contributed by atoms with Crippen LogP contribution < -0.4 is 5.32 Å². The zero-order valence-corrected chi connectivity index (χ0v) is 9.04. The molecule has 3 aliphatic heterocycles. The molecule has 0 saturated carbocycles. The summed E-state index contributed by atoms with van der Waals surface area (Å²) in [5, 5.41) is 3.62. The van der Waals surface area contributed by atoms with Crippen LogP contribution in [0, 0.1) is 5.92 Å². The molecule has 4 nitrogen and oxygen atoms in total. The van der Waals surface area contributed by atoms with E-state index < -0.39 is 0 Å². The average molecular weight is 213 g/mol. The predicted molar refractivity (Wildman–Crippen MR) is 54.8 cm³/mol. The lowest BCUT2D eigenvalue weighted by Crippen LogP contribution is -2.70. The number of hydrogen-bond donors (Lipinski definition) is 1. The zero-order valence-electron chi connectivity index (χ0n) is 9.04. The van der Waals surface area contributed by atoms with Crippen molar-refractivity contribution in [3.63, 3.8) is 0 Å². The number of rotatable bonds is 1. The fourth-order valence-corrected chi connectivity index (χ4v) is 2.96. The summed E-state index contributed by atoms with van der Waals surface area (Å²) in [5.41, 5.74) is -0.0136. The SMILES string of the molecule is C1COC2(COC2)C(C2CCOCC2)N1. The standard InChI is InChI=1S/C11H19NO3/c1-4-13-5-2-9(1)10-11(7-14-8-11)15-6-3-12-10/h9-10,12H,1-8H2.